The second kappa shape index (κ2) is 8.90. The maximum atomic E-state index is 13.5. The van der Waals surface area contributed by atoms with E-state index in [0.717, 1.165) is 44.5 Å². The lowest BCUT2D eigenvalue weighted by molar-refractivity contribution is 0.579. The monoisotopic (exact) mass is 556 g/mol. The van der Waals surface area contributed by atoms with Crippen molar-refractivity contribution in [2.45, 2.75) is 66.2 Å². The van der Waals surface area contributed by atoms with E-state index in [9.17, 15) is 16.8 Å². The van der Waals surface area contributed by atoms with E-state index < -0.39 is 35.6 Å². The molecule has 0 bridgehead atoms. The average molecular weight is 557 g/mol. The third-order valence-electron chi connectivity index (χ3n) is 8.90. The van der Waals surface area contributed by atoms with Crippen molar-refractivity contribution in [1.29, 1.82) is 0 Å². The zero-order valence-electron chi connectivity index (χ0n) is 22.6. The van der Waals surface area contributed by atoms with Crippen LogP contribution in [0.3, 0.4) is 0 Å². The molecule has 0 radical (unpaired) electrons. The van der Waals surface area contributed by atoms with E-state index in [2.05, 4.69) is 24.3 Å². The van der Waals surface area contributed by atoms with Gasteiger partial charge in [0, 0.05) is 0 Å². The molecule has 39 heavy (non-hydrogen) atoms. The Balaban J connectivity index is 1.74. The molecule has 0 heterocycles. The SMILES string of the molecule is CCC(C)S(=O)(=O)c1ccc2c(c1)C1(c3ccccc3-2)c2ccccc2-c2ccc(S(=O)(=O)C(C)CC)cc21. The molecule has 0 aromatic heterocycles. The van der Waals surface area contributed by atoms with Gasteiger partial charge in [0.15, 0.2) is 19.7 Å². The molecule has 4 aromatic rings. The Morgan fingerprint density at radius 2 is 0.897 bits per heavy atom. The lowest BCUT2D eigenvalue weighted by atomic mass is 9.70. The number of hydrogen-bond acceptors (Lipinski definition) is 4. The molecule has 4 aromatic carbocycles. The Hall–Kier alpha value is -3.22. The van der Waals surface area contributed by atoms with Gasteiger partial charge < -0.3 is 0 Å². The van der Waals surface area contributed by atoms with Gasteiger partial charge in [-0.25, -0.2) is 16.8 Å². The molecule has 4 nitrogen and oxygen atoms in total. The lowest BCUT2D eigenvalue weighted by Crippen LogP contribution is -2.27. The summed E-state index contributed by atoms with van der Waals surface area (Å²) in [6.07, 6.45) is 1.04. The van der Waals surface area contributed by atoms with Crippen molar-refractivity contribution < 1.29 is 16.8 Å². The molecule has 0 N–H and O–H groups in total. The first-order valence-electron chi connectivity index (χ1n) is 13.6. The quantitative estimate of drug-likeness (QED) is 0.218. The van der Waals surface area contributed by atoms with Crippen LogP contribution in [0.2, 0.25) is 0 Å². The zero-order valence-corrected chi connectivity index (χ0v) is 24.2. The zero-order chi connectivity index (χ0) is 27.7. The molecule has 1 spiro atoms. The van der Waals surface area contributed by atoms with Crippen LogP contribution >= 0.6 is 0 Å². The van der Waals surface area contributed by atoms with E-state index in [1.165, 1.54) is 0 Å². The van der Waals surface area contributed by atoms with Crippen molar-refractivity contribution in [2.24, 2.45) is 0 Å². The highest BCUT2D eigenvalue weighted by molar-refractivity contribution is 7.92. The predicted molar refractivity (Wildman–Crippen MR) is 157 cm³/mol. The van der Waals surface area contributed by atoms with E-state index in [1.807, 2.05) is 62.4 Å². The number of sulfone groups is 2. The van der Waals surface area contributed by atoms with E-state index in [-0.39, 0.29) is 0 Å². The minimum Gasteiger partial charge on any atom is -0.223 e. The molecule has 2 unspecified atom stereocenters. The molecule has 200 valence electrons. The number of hydrogen-bond donors (Lipinski definition) is 0. The summed E-state index contributed by atoms with van der Waals surface area (Å²) >= 11 is 0. The van der Waals surface area contributed by atoms with Crippen molar-refractivity contribution in [3.05, 3.63) is 107 Å². The second-order valence-electron chi connectivity index (χ2n) is 10.8. The fourth-order valence-corrected chi connectivity index (χ4v) is 9.24. The van der Waals surface area contributed by atoms with Crippen LogP contribution in [0.1, 0.15) is 62.8 Å². The first-order valence-corrected chi connectivity index (χ1v) is 16.7. The van der Waals surface area contributed by atoms with Crippen LogP contribution in [-0.2, 0) is 25.1 Å². The molecule has 0 fully saturated rings. The molecule has 0 saturated heterocycles. The fourth-order valence-electron chi connectivity index (χ4n) is 6.35. The molecule has 2 aliphatic rings. The summed E-state index contributed by atoms with van der Waals surface area (Å²) in [6.45, 7) is 7.27. The Morgan fingerprint density at radius 1 is 0.538 bits per heavy atom. The van der Waals surface area contributed by atoms with Gasteiger partial charge in [0.1, 0.15) is 0 Å². The van der Waals surface area contributed by atoms with Gasteiger partial charge in [0.05, 0.1) is 25.7 Å². The van der Waals surface area contributed by atoms with Crippen LogP contribution < -0.4 is 0 Å². The summed E-state index contributed by atoms with van der Waals surface area (Å²) in [5, 5.41) is -1.02. The predicted octanol–water partition coefficient (Wildman–Crippen LogP) is 7.17. The summed E-state index contributed by atoms with van der Waals surface area (Å²) in [7, 11) is -7.08. The maximum Gasteiger partial charge on any atom is 0.180 e. The van der Waals surface area contributed by atoms with Crippen molar-refractivity contribution >= 4 is 19.7 Å². The Bertz CT molecular complexity index is 1720. The van der Waals surface area contributed by atoms with Crippen LogP contribution in [0.15, 0.2) is 94.7 Å². The molecular formula is C33H32O4S2. The highest BCUT2D eigenvalue weighted by Gasteiger charge is 2.52. The van der Waals surface area contributed by atoms with Gasteiger partial charge in [-0.05, 0) is 95.5 Å². The summed E-state index contributed by atoms with van der Waals surface area (Å²) in [6, 6.07) is 27.3. The fraction of sp³-hybridized carbons (Fsp3) is 0.273. The molecule has 6 heteroatoms. The minimum absolute atomic E-state index is 0.303. The van der Waals surface area contributed by atoms with Crippen LogP contribution in [0.5, 0.6) is 0 Å². The molecular weight excluding hydrogens is 524 g/mol. The standard InChI is InChI=1S/C33H32O4S2/c1-5-21(3)38(34,35)23-15-17-27-25-11-7-9-13-29(25)33(31(27)19-23)30-14-10-8-12-26(30)28-18-16-24(20-32(28)33)39(36,37)22(4)6-2/h7-22H,5-6H2,1-4H3. The third-order valence-corrected chi connectivity index (χ3v) is 13.5. The minimum atomic E-state index is -3.54. The van der Waals surface area contributed by atoms with Gasteiger partial charge in [-0.3, -0.25) is 0 Å². The second-order valence-corrected chi connectivity index (χ2v) is 15.5. The Morgan fingerprint density at radius 3 is 1.28 bits per heavy atom. The van der Waals surface area contributed by atoms with Crippen molar-refractivity contribution in [3.8, 4) is 22.3 Å². The Kier molecular flexibility index (Phi) is 5.94. The first-order chi connectivity index (χ1) is 18.6. The van der Waals surface area contributed by atoms with Crippen LogP contribution in [-0.4, -0.2) is 27.3 Å². The number of rotatable bonds is 6. The number of fused-ring (bicyclic) bond motifs is 10. The van der Waals surface area contributed by atoms with E-state index >= 15 is 0 Å². The lowest BCUT2D eigenvalue weighted by Gasteiger charge is -2.31. The van der Waals surface area contributed by atoms with Gasteiger partial charge in [-0.2, -0.15) is 0 Å². The molecule has 0 amide bonds. The van der Waals surface area contributed by atoms with Gasteiger partial charge in [0.25, 0.3) is 0 Å². The molecule has 2 atom stereocenters. The average Bonchev–Trinajstić information content (AvgIpc) is 3.42. The van der Waals surface area contributed by atoms with Crippen LogP contribution in [0, 0.1) is 0 Å². The summed E-state index contributed by atoms with van der Waals surface area (Å²) in [4.78, 5) is 0.606. The van der Waals surface area contributed by atoms with Gasteiger partial charge in [0.2, 0.25) is 0 Å². The van der Waals surface area contributed by atoms with Gasteiger partial charge >= 0.3 is 0 Å². The highest BCUT2D eigenvalue weighted by Crippen LogP contribution is 2.63. The van der Waals surface area contributed by atoms with Crippen LogP contribution in [0.25, 0.3) is 22.3 Å². The molecule has 0 aliphatic heterocycles. The first kappa shape index (κ1) is 26.0. The molecule has 0 saturated carbocycles. The van der Waals surface area contributed by atoms with Crippen molar-refractivity contribution in [2.75, 3.05) is 0 Å². The summed E-state index contributed by atoms with van der Waals surface area (Å²) in [5.41, 5.74) is 7.08. The molecule has 6 rings (SSSR count). The highest BCUT2D eigenvalue weighted by atomic mass is 32.2. The van der Waals surface area contributed by atoms with Crippen molar-refractivity contribution in [3.63, 3.8) is 0 Å². The van der Waals surface area contributed by atoms with Crippen molar-refractivity contribution in [1.82, 2.24) is 0 Å². The maximum absolute atomic E-state index is 13.5. The van der Waals surface area contributed by atoms with E-state index in [1.54, 1.807) is 26.0 Å². The number of benzene rings is 4. The summed E-state index contributed by atoms with van der Waals surface area (Å²) < 4.78 is 54.2. The third kappa shape index (κ3) is 3.40. The Labute approximate surface area is 231 Å². The van der Waals surface area contributed by atoms with Crippen LogP contribution in [0.4, 0.5) is 0 Å². The summed E-state index contributed by atoms with van der Waals surface area (Å²) in [5.74, 6) is 0. The largest absolute Gasteiger partial charge is 0.223 e. The van der Waals surface area contributed by atoms with E-state index in [4.69, 9.17) is 0 Å². The normalized spacial score (nSPS) is 18.8. The smallest absolute Gasteiger partial charge is 0.180 e. The van der Waals surface area contributed by atoms with Gasteiger partial charge in [-0.15, -0.1) is 0 Å². The topological polar surface area (TPSA) is 68.3 Å². The van der Waals surface area contributed by atoms with E-state index in [0.29, 0.717) is 22.6 Å². The van der Waals surface area contributed by atoms with Gasteiger partial charge in [-0.1, -0.05) is 74.5 Å². The molecule has 2 aliphatic carbocycles.